The Morgan fingerprint density at radius 3 is 2.67 bits per heavy atom. The summed E-state index contributed by atoms with van der Waals surface area (Å²) in [5, 5.41) is 0. The third-order valence-corrected chi connectivity index (χ3v) is 5.64. The Kier molecular flexibility index (Phi) is 2.81. The third kappa shape index (κ3) is 2.05. The molecule has 2 aliphatic heterocycles. The Morgan fingerprint density at radius 1 is 1.53 bits per heavy atom. The Labute approximate surface area is 91.7 Å². The number of nitrogens with two attached hydrogens (primary N) is 1. The minimum absolute atomic E-state index is 0.246. The second-order valence-electron chi connectivity index (χ2n) is 5.11. The Balaban J connectivity index is 2.17. The molecule has 0 amide bonds. The molecular formula is C10H20N2O2S. The average Bonchev–Trinajstić information content (AvgIpc) is 2.71. The van der Waals surface area contributed by atoms with E-state index in [4.69, 9.17) is 5.73 Å². The minimum atomic E-state index is -2.84. The molecule has 0 aromatic heterocycles. The molecular weight excluding hydrogens is 212 g/mol. The molecule has 4 nitrogen and oxygen atoms in total. The van der Waals surface area contributed by atoms with Crippen LogP contribution in [0.15, 0.2) is 0 Å². The lowest BCUT2D eigenvalue weighted by Crippen LogP contribution is -2.53. The van der Waals surface area contributed by atoms with Crippen LogP contribution in [0.5, 0.6) is 0 Å². The molecule has 0 aromatic carbocycles. The fourth-order valence-corrected chi connectivity index (χ4v) is 4.90. The second kappa shape index (κ2) is 3.71. The van der Waals surface area contributed by atoms with Crippen molar-refractivity contribution in [1.82, 2.24) is 4.90 Å². The third-order valence-electron chi connectivity index (χ3n) is 3.84. The molecule has 2 N–H and O–H groups in total. The van der Waals surface area contributed by atoms with Crippen LogP contribution < -0.4 is 5.73 Å². The zero-order valence-electron chi connectivity index (χ0n) is 9.28. The van der Waals surface area contributed by atoms with Crippen LogP contribution >= 0.6 is 0 Å². The summed E-state index contributed by atoms with van der Waals surface area (Å²) < 4.78 is 23.1. The zero-order valence-corrected chi connectivity index (χ0v) is 10.1. The largest absolute Gasteiger partial charge is 0.329 e. The van der Waals surface area contributed by atoms with E-state index < -0.39 is 9.84 Å². The Hall–Kier alpha value is -0.130. The SMILES string of the molecule is CC1CCN(C2(CN)CCS(=O)(=O)C2)C1. The molecule has 0 bridgehead atoms. The molecule has 2 saturated heterocycles. The van der Waals surface area contributed by atoms with Crippen LogP contribution in [0.3, 0.4) is 0 Å². The maximum absolute atomic E-state index is 11.6. The smallest absolute Gasteiger partial charge is 0.152 e. The van der Waals surface area contributed by atoms with Crippen LogP contribution in [0.2, 0.25) is 0 Å². The number of hydrogen-bond acceptors (Lipinski definition) is 4. The quantitative estimate of drug-likeness (QED) is 0.719. The van der Waals surface area contributed by atoms with E-state index in [9.17, 15) is 8.42 Å². The van der Waals surface area contributed by atoms with Gasteiger partial charge < -0.3 is 5.73 Å². The normalized spacial score (nSPS) is 41.1. The van der Waals surface area contributed by atoms with E-state index in [0.717, 1.165) is 19.5 Å². The fourth-order valence-electron chi connectivity index (χ4n) is 2.80. The van der Waals surface area contributed by atoms with Gasteiger partial charge in [0, 0.05) is 18.6 Å². The highest BCUT2D eigenvalue weighted by molar-refractivity contribution is 7.91. The Bertz CT molecular complexity index is 341. The highest BCUT2D eigenvalue weighted by Crippen LogP contribution is 2.33. The summed E-state index contributed by atoms with van der Waals surface area (Å²) in [4.78, 5) is 2.31. The van der Waals surface area contributed by atoms with E-state index >= 15 is 0 Å². The molecule has 0 radical (unpaired) electrons. The van der Waals surface area contributed by atoms with Gasteiger partial charge in [-0.3, -0.25) is 4.90 Å². The summed E-state index contributed by atoms with van der Waals surface area (Å²) >= 11 is 0. The summed E-state index contributed by atoms with van der Waals surface area (Å²) in [6, 6.07) is 0. The van der Waals surface area contributed by atoms with Crippen molar-refractivity contribution in [2.45, 2.75) is 25.3 Å². The lowest BCUT2D eigenvalue weighted by atomic mass is 9.97. The van der Waals surface area contributed by atoms with Gasteiger partial charge in [-0.25, -0.2) is 8.42 Å². The molecule has 5 heteroatoms. The van der Waals surface area contributed by atoms with Crippen molar-refractivity contribution in [2.75, 3.05) is 31.1 Å². The second-order valence-corrected chi connectivity index (χ2v) is 7.29. The monoisotopic (exact) mass is 232 g/mol. The molecule has 0 spiro atoms. The zero-order chi connectivity index (χ0) is 11.1. The van der Waals surface area contributed by atoms with Crippen LogP contribution in [0, 0.1) is 5.92 Å². The number of hydrogen-bond donors (Lipinski definition) is 1. The van der Waals surface area contributed by atoms with E-state index in [2.05, 4.69) is 11.8 Å². The number of likely N-dealkylation sites (tertiary alicyclic amines) is 1. The van der Waals surface area contributed by atoms with Gasteiger partial charge in [-0.1, -0.05) is 6.92 Å². The predicted molar refractivity (Wildman–Crippen MR) is 60.4 cm³/mol. The summed E-state index contributed by atoms with van der Waals surface area (Å²) in [5.74, 6) is 1.26. The van der Waals surface area contributed by atoms with Crippen LogP contribution in [-0.2, 0) is 9.84 Å². The molecule has 2 unspecified atom stereocenters. The van der Waals surface area contributed by atoms with Gasteiger partial charge in [0.05, 0.1) is 11.5 Å². The molecule has 2 fully saturated rings. The lowest BCUT2D eigenvalue weighted by Gasteiger charge is -2.36. The first kappa shape index (κ1) is 11.4. The van der Waals surface area contributed by atoms with E-state index in [0.29, 0.717) is 18.2 Å². The molecule has 2 aliphatic rings. The van der Waals surface area contributed by atoms with Crippen molar-refractivity contribution < 1.29 is 8.42 Å². The first-order valence-corrected chi connectivity index (χ1v) is 7.45. The Morgan fingerprint density at radius 2 is 2.27 bits per heavy atom. The minimum Gasteiger partial charge on any atom is -0.329 e. The predicted octanol–water partition coefficient (Wildman–Crippen LogP) is -0.156. The fraction of sp³-hybridized carbons (Fsp3) is 1.00. The summed E-state index contributed by atoms with van der Waals surface area (Å²) in [5.41, 5.74) is 5.56. The number of sulfone groups is 1. The molecule has 2 rings (SSSR count). The van der Waals surface area contributed by atoms with Gasteiger partial charge in [0.2, 0.25) is 0 Å². The van der Waals surface area contributed by atoms with Crippen molar-refractivity contribution >= 4 is 9.84 Å². The highest BCUT2D eigenvalue weighted by atomic mass is 32.2. The molecule has 2 heterocycles. The van der Waals surface area contributed by atoms with Crippen LogP contribution in [0.25, 0.3) is 0 Å². The van der Waals surface area contributed by atoms with Crippen LogP contribution in [0.1, 0.15) is 19.8 Å². The van der Waals surface area contributed by atoms with Gasteiger partial charge in [0.15, 0.2) is 9.84 Å². The van der Waals surface area contributed by atoms with Gasteiger partial charge in [-0.15, -0.1) is 0 Å². The van der Waals surface area contributed by atoms with Crippen molar-refractivity contribution in [1.29, 1.82) is 0 Å². The van der Waals surface area contributed by atoms with Crippen LogP contribution in [-0.4, -0.2) is 50.0 Å². The molecule has 0 aromatic rings. The highest BCUT2D eigenvalue weighted by Gasteiger charge is 2.46. The standard InChI is InChI=1S/C10H20N2O2S/c1-9-2-4-12(6-9)10(7-11)3-5-15(13,14)8-10/h9H,2-8,11H2,1H3. The van der Waals surface area contributed by atoms with E-state index in [1.807, 2.05) is 0 Å². The summed E-state index contributed by atoms with van der Waals surface area (Å²) in [7, 11) is -2.84. The number of nitrogens with zero attached hydrogens (tertiary/aromatic N) is 1. The maximum Gasteiger partial charge on any atom is 0.152 e. The van der Waals surface area contributed by atoms with Crippen molar-refractivity contribution in [2.24, 2.45) is 11.7 Å². The van der Waals surface area contributed by atoms with Crippen LogP contribution in [0.4, 0.5) is 0 Å². The summed E-state index contributed by atoms with van der Waals surface area (Å²) in [6.45, 7) is 4.70. The number of rotatable bonds is 2. The van der Waals surface area contributed by atoms with Gasteiger partial charge in [0.1, 0.15) is 0 Å². The van der Waals surface area contributed by atoms with E-state index in [-0.39, 0.29) is 11.3 Å². The first-order valence-electron chi connectivity index (χ1n) is 5.63. The maximum atomic E-state index is 11.6. The van der Waals surface area contributed by atoms with Crippen molar-refractivity contribution in [3.63, 3.8) is 0 Å². The van der Waals surface area contributed by atoms with E-state index in [1.54, 1.807) is 0 Å². The molecule has 15 heavy (non-hydrogen) atoms. The molecule has 2 atom stereocenters. The van der Waals surface area contributed by atoms with Gasteiger partial charge >= 0.3 is 0 Å². The van der Waals surface area contributed by atoms with Gasteiger partial charge in [-0.2, -0.15) is 0 Å². The lowest BCUT2D eigenvalue weighted by molar-refractivity contribution is 0.145. The molecule has 0 aliphatic carbocycles. The van der Waals surface area contributed by atoms with E-state index in [1.165, 1.54) is 6.42 Å². The topological polar surface area (TPSA) is 63.4 Å². The van der Waals surface area contributed by atoms with Gasteiger partial charge in [0.25, 0.3) is 0 Å². The van der Waals surface area contributed by atoms with Gasteiger partial charge in [-0.05, 0) is 25.3 Å². The molecule has 88 valence electrons. The van der Waals surface area contributed by atoms with Crippen molar-refractivity contribution in [3.8, 4) is 0 Å². The van der Waals surface area contributed by atoms with Crippen molar-refractivity contribution in [3.05, 3.63) is 0 Å². The first-order chi connectivity index (χ1) is 6.97. The molecule has 0 saturated carbocycles. The summed E-state index contributed by atoms with van der Waals surface area (Å²) in [6.07, 6.45) is 1.89. The average molecular weight is 232 g/mol.